The van der Waals surface area contributed by atoms with Gasteiger partial charge in [0.05, 0.1) is 22.6 Å². The molecule has 3 rings (SSSR count). The van der Waals surface area contributed by atoms with Crippen LogP contribution in [-0.4, -0.2) is 47.2 Å². The maximum absolute atomic E-state index is 13.0. The molecule has 0 saturated heterocycles. The van der Waals surface area contributed by atoms with Crippen LogP contribution in [-0.2, 0) is 21.2 Å². The van der Waals surface area contributed by atoms with Crippen molar-refractivity contribution < 1.29 is 23.2 Å². The zero-order valence-corrected chi connectivity index (χ0v) is 16.2. The topological polar surface area (TPSA) is 111 Å². The summed E-state index contributed by atoms with van der Waals surface area (Å²) in [6, 6.07) is 2.90. The van der Waals surface area contributed by atoms with Gasteiger partial charge in [-0.15, -0.1) is 0 Å². The van der Waals surface area contributed by atoms with E-state index in [1.807, 2.05) is 0 Å². The third kappa shape index (κ3) is 3.23. The lowest BCUT2D eigenvalue weighted by Gasteiger charge is -2.21. The molecule has 0 amide bonds. The number of nitrogens with zero attached hydrogens (tertiary/aromatic N) is 3. The SMILES string of the molecule is CCO/N=C1/CCS(=O)(=O)c2ccc(C(=O)c3cnn(CC)c3O)c(C)c21. The number of aromatic nitrogens is 2. The van der Waals surface area contributed by atoms with Crippen molar-refractivity contribution in [3.63, 3.8) is 0 Å². The summed E-state index contributed by atoms with van der Waals surface area (Å²) in [6.07, 6.45) is 1.53. The molecule has 2 aromatic rings. The van der Waals surface area contributed by atoms with Gasteiger partial charge in [0.2, 0.25) is 5.88 Å². The van der Waals surface area contributed by atoms with Crippen LogP contribution in [0.4, 0.5) is 0 Å². The fourth-order valence-electron chi connectivity index (χ4n) is 3.17. The molecule has 1 aliphatic rings. The number of hydrogen-bond donors (Lipinski definition) is 1. The second-order valence-electron chi connectivity index (χ2n) is 6.16. The number of oxime groups is 1. The molecule has 0 spiro atoms. The second-order valence-corrected chi connectivity index (χ2v) is 8.24. The molecular formula is C18H21N3O5S. The van der Waals surface area contributed by atoms with Gasteiger partial charge in [0, 0.05) is 24.1 Å². The fraction of sp³-hybridized carbons (Fsp3) is 0.389. The average Bonchev–Trinajstić information content (AvgIpc) is 3.01. The van der Waals surface area contributed by atoms with Crippen molar-refractivity contribution in [2.75, 3.05) is 12.4 Å². The van der Waals surface area contributed by atoms with Gasteiger partial charge < -0.3 is 9.94 Å². The van der Waals surface area contributed by atoms with Crippen molar-refractivity contribution in [3.05, 3.63) is 40.6 Å². The molecule has 0 unspecified atom stereocenters. The van der Waals surface area contributed by atoms with Gasteiger partial charge in [0.15, 0.2) is 15.6 Å². The Balaban J connectivity index is 2.17. The van der Waals surface area contributed by atoms with E-state index in [0.29, 0.717) is 35.6 Å². The first-order valence-electron chi connectivity index (χ1n) is 8.66. The Labute approximate surface area is 157 Å². The summed E-state index contributed by atoms with van der Waals surface area (Å²) in [7, 11) is -3.45. The lowest BCUT2D eigenvalue weighted by Crippen LogP contribution is -2.24. The van der Waals surface area contributed by atoms with Crippen LogP contribution in [0, 0.1) is 6.92 Å². The molecule has 1 aromatic heterocycles. The van der Waals surface area contributed by atoms with E-state index in [4.69, 9.17) is 4.84 Å². The van der Waals surface area contributed by atoms with Gasteiger partial charge in [-0.05, 0) is 38.5 Å². The highest BCUT2D eigenvalue weighted by Gasteiger charge is 2.32. The van der Waals surface area contributed by atoms with Crippen molar-refractivity contribution >= 4 is 21.3 Å². The van der Waals surface area contributed by atoms with E-state index < -0.39 is 15.6 Å². The Bertz CT molecular complexity index is 1040. The summed E-state index contributed by atoms with van der Waals surface area (Å²) in [5.74, 6) is -0.690. The first-order chi connectivity index (χ1) is 12.8. The maximum Gasteiger partial charge on any atom is 0.220 e. The smallest absolute Gasteiger partial charge is 0.220 e. The van der Waals surface area contributed by atoms with Gasteiger partial charge in [-0.3, -0.25) is 4.79 Å². The highest BCUT2D eigenvalue weighted by molar-refractivity contribution is 7.91. The molecule has 1 aliphatic heterocycles. The molecule has 0 fully saturated rings. The summed E-state index contributed by atoms with van der Waals surface area (Å²) in [5, 5.41) is 18.2. The van der Waals surface area contributed by atoms with Gasteiger partial charge >= 0.3 is 0 Å². The highest BCUT2D eigenvalue weighted by atomic mass is 32.2. The monoisotopic (exact) mass is 391 g/mol. The maximum atomic E-state index is 13.0. The number of carbonyl (C=O) groups excluding carboxylic acids is 1. The minimum atomic E-state index is -3.45. The van der Waals surface area contributed by atoms with Crippen LogP contribution < -0.4 is 0 Å². The van der Waals surface area contributed by atoms with Crippen LogP contribution in [0.15, 0.2) is 28.4 Å². The summed E-state index contributed by atoms with van der Waals surface area (Å²) < 4.78 is 26.2. The number of aromatic hydroxyl groups is 1. The standard InChI is InChI=1S/C18H21N3O5S/c1-4-21-18(23)13(10-19-21)17(22)12-6-7-15-16(11(12)3)14(20-26-5-2)8-9-27(15,24)25/h6-7,10,23H,4-5,8-9H2,1-3H3/b20-14-. The Morgan fingerprint density at radius 1 is 1.33 bits per heavy atom. The van der Waals surface area contributed by atoms with E-state index in [9.17, 15) is 18.3 Å². The van der Waals surface area contributed by atoms with Crippen molar-refractivity contribution in [3.8, 4) is 5.88 Å². The van der Waals surface area contributed by atoms with Crippen LogP contribution in [0.25, 0.3) is 0 Å². The minimum absolute atomic E-state index is 0.0529. The Kier molecular flexibility index (Phi) is 5.05. The van der Waals surface area contributed by atoms with E-state index in [-0.39, 0.29) is 28.5 Å². The van der Waals surface area contributed by atoms with Crippen LogP contribution in [0.2, 0.25) is 0 Å². The highest BCUT2D eigenvalue weighted by Crippen LogP contribution is 2.32. The predicted molar refractivity (Wildman–Crippen MR) is 99.0 cm³/mol. The van der Waals surface area contributed by atoms with Crippen LogP contribution in [0.5, 0.6) is 5.88 Å². The van der Waals surface area contributed by atoms with E-state index in [1.165, 1.54) is 23.0 Å². The molecule has 0 aliphatic carbocycles. The summed E-state index contributed by atoms with van der Waals surface area (Å²) in [5.41, 5.74) is 1.76. The number of hydrogen-bond acceptors (Lipinski definition) is 7. The molecule has 1 N–H and O–H groups in total. The molecule has 27 heavy (non-hydrogen) atoms. The largest absolute Gasteiger partial charge is 0.493 e. The number of aryl methyl sites for hydroxylation is 1. The van der Waals surface area contributed by atoms with Crippen LogP contribution in [0.1, 0.15) is 47.3 Å². The molecule has 144 valence electrons. The zero-order valence-electron chi connectivity index (χ0n) is 15.4. The first-order valence-corrected chi connectivity index (χ1v) is 10.3. The van der Waals surface area contributed by atoms with E-state index in [0.717, 1.165) is 0 Å². The van der Waals surface area contributed by atoms with Crippen molar-refractivity contribution in [1.82, 2.24) is 9.78 Å². The van der Waals surface area contributed by atoms with Crippen molar-refractivity contribution in [2.45, 2.75) is 38.6 Å². The average molecular weight is 391 g/mol. The Hall–Kier alpha value is -2.68. The van der Waals surface area contributed by atoms with Gasteiger partial charge in [-0.1, -0.05) is 5.16 Å². The molecule has 0 atom stereocenters. The number of benzene rings is 1. The summed E-state index contributed by atoms with van der Waals surface area (Å²) >= 11 is 0. The lowest BCUT2D eigenvalue weighted by molar-refractivity contribution is 0.103. The molecular weight excluding hydrogens is 370 g/mol. The predicted octanol–water partition coefficient (Wildman–Crippen LogP) is 2.07. The summed E-state index contributed by atoms with van der Waals surface area (Å²) in [6.45, 7) is 6.03. The van der Waals surface area contributed by atoms with Crippen molar-refractivity contribution in [1.29, 1.82) is 0 Å². The molecule has 0 saturated carbocycles. The molecule has 8 nitrogen and oxygen atoms in total. The van der Waals surface area contributed by atoms with Gasteiger partial charge in [0.1, 0.15) is 12.2 Å². The van der Waals surface area contributed by atoms with Crippen LogP contribution >= 0.6 is 0 Å². The van der Waals surface area contributed by atoms with Gasteiger partial charge in [0.25, 0.3) is 0 Å². The Morgan fingerprint density at radius 3 is 2.70 bits per heavy atom. The minimum Gasteiger partial charge on any atom is -0.493 e. The number of rotatable bonds is 5. The number of fused-ring (bicyclic) bond motifs is 1. The number of sulfone groups is 1. The number of carbonyl (C=O) groups is 1. The fourth-order valence-corrected chi connectivity index (χ4v) is 4.71. The zero-order chi connectivity index (χ0) is 19.8. The van der Waals surface area contributed by atoms with Gasteiger partial charge in [-0.25, -0.2) is 13.1 Å². The van der Waals surface area contributed by atoms with E-state index >= 15 is 0 Å². The molecule has 0 bridgehead atoms. The molecule has 9 heteroatoms. The molecule has 1 aromatic carbocycles. The first kappa shape index (κ1) is 19.1. The number of ketones is 1. The lowest BCUT2D eigenvalue weighted by atomic mass is 9.93. The second kappa shape index (κ2) is 7.15. The third-order valence-corrected chi connectivity index (χ3v) is 6.31. The molecule has 0 radical (unpaired) electrons. The molecule has 2 heterocycles. The van der Waals surface area contributed by atoms with E-state index in [2.05, 4.69) is 10.3 Å². The van der Waals surface area contributed by atoms with Crippen molar-refractivity contribution in [2.24, 2.45) is 5.16 Å². The normalized spacial score (nSPS) is 16.9. The Morgan fingerprint density at radius 2 is 2.07 bits per heavy atom. The summed E-state index contributed by atoms with van der Waals surface area (Å²) in [4.78, 5) is 18.2. The van der Waals surface area contributed by atoms with Gasteiger partial charge in [-0.2, -0.15) is 5.10 Å². The quantitative estimate of drug-likeness (QED) is 0.617. The van der Waals surface area contributed by atoms with E-state index in [1.54, 1.807) is 20.8 Å². The van der Waals surface area contributed by atoms with Crippen LogP contribution in [0.3, 0.4) is 0 Å². The third-order valence-electron chi connectivity index (χ3n) is 4.56.